The monoisotopic (exact) mass is 291 g/mol. The van der Waals surface area contributed by atoms with Crippen molar-refractivity contribution in [1.82, 2.24) is 10.2 Å². The molecule has 106 valence electrons. The zero-order chi connectivity index (χ0) is 14.1. The number of fused-ring (bicyclic) bond motifs is 1. The van der Waals surface area contributed by atoms with Crippen LogP contribution < -0.4 is 14.8 Å². The first-order valence-corrected chi connectivity index (χ1v) is 7.41. The lowest BCUT2D eigenvalue weighted by atomic mass is 10.1. The molecule has 1 atom stereocenters. The maximum Gasteiger partial charge on any atom is 0.205 e. The van der Waals surface area contributed by atoms with Crippen LogP contribution in [0.3, 0.4) is 0 Å². The molecule has 0 saturated carbocycles. The Kier molecular flexibility index (Phi) is 3.48. The summed E-state index contributed by atoms with van der Waals surface area (Å²) >= 11 is 1.52. The van der Waals surface area contributed by atoms with E-state index in [1.54, 1.807) is 0 Å². The van der Waals surface area contributed by atoms with Crippen molar-refractivity contribution in [1.29, 1.82) is 0 Å². The largest absolute Gasteiger partial charge is 0.490 e. The highest BCUT2D eigenvalue weighted by Crippen LogP contribution is 2.38. The fourth-order valence-electron chi connectivity index (χ4n) is 2.10. The van der Waals surface area contributed by atoms with E-state index in [0.717, 1.165) is 28.1 Å². The van der Waals surface area contributed by atoms with Crippen molar-refractivity contribution in [3.05, 3.63) is 28.3 Å². The van der Waals surface area contributed by atoms with Crippen LogP contribution in [0.5, 0.6) is 11.5 Å². The van der Waals surface area contributed by atoms with Gasteiger partial charge < -0.3 is 14.8 Å². The maximum atomic E-state index is 6.09. The number of ether oxygens (including phenoxy) is 2. The van der Waals surface area contributed by atoms with Crippen LogP contribution >= 0.6 is 11.3 Å². The van der Waals surface area contributed by atoms with Crippen molar-refractivity contribution >= 4 is 16.5 Å². The number of hydrogen-bond donors (Lipinski definition) is 1. The summed E-state index contributed by atoms with van der Waals surface area (Å²) in [5.74, 6) is 1.60. The van der Waals surface area contributed by atoms with Gasteiger partial charge in [0.1, 0.15) is 0 Å². The van der Waals surface area contributed by atoms with E-state index in [1.165, 1.54) is 22.5 Å². The quantitative estimate of drug-likeness (QED) is 0.921. The molecule has 1 aliphatic rings. The Bertz CT molecular complexity index is 627. The molecule has 5 nitrogen and oxygen atoms in total. The molecule has 1 unspecified atom stereocenters. The highest BCUT2D eigenvalue weighted by molar-refractivity contribution is 7.15. The van der Waals surface area contributed by atoms with E-state index in [4.69, 9.17) is 9.47 Å². The van der Waals surface area contributed by atoms with Gasteiger partial charge >= 0.3 is 0 Å². The van der Waals surface area contributed by atoms with Gasteiger partial charge in [0.15, 0.2) is 22.6 Å². The number of benzene rings is 1. The maximum absolute atomic E-state index is 6.09. The van der Waals surface area contributed by atoms with Crippen LogP contribution in [0.4, 0.5) is 5.13 Å². The molecule has 2 aromatic rings. The van der Waals surface area contributed by atoms with Gasteiger partial charge in [-0.15, -0.1) is 10.2 Å². The Hall–Kier alpha value is -1.82. The molecule has 20 heavy (non-hydrogen) atoms. The Balaban J connectivity index is 1.90. The number of aromatic nitrogens is 2. The van der Waals surface area contributed by atoms with E-state index in [9.17, 15) is 0 Å². The van der Waals surface area contributed by atoms with Crippen LogP contribution in [0.25, 0.3) is 0 Å². The van der Waals surface area contributed by atoms with E-state index in [1.807, 2.05) is 19.2 Å². The summed E-state index contributed by atoms with van der Waals surface area (Å²) < 4.78 is 11.9. The molecular weight excluding hydrogens is 274 g/mol. The number of aryl methyl sites for hydroxylation is 2. The lowest BCUT2D eigenvalue weighted by Crippen LogP contribution is -2.08. The van der Waals surface area contributed by atoms with E-state index in [-0.39, 0.29) is 6.10 Å². The number of rotatable bonds is 2. The summed E-state index contributed by atoms with van der Waals surface area (Å²) in [6.07, 6.45) is 0.670. The van der Waals surface area contributed by atoms with Crippen molar-refractivity contribution < 1.29 is 9.47 Å². The summed E-state index contributed by atoms with van der Waals surface area (Å²) in [6.45, 7) is 4.77. The number of nitrogens with zero attached hydrogens (tertiary/aromatic N) is 2. The molecule has 1 aromatic heterocycles. The third kappa shape index (κ3) is 2.43. The molecule has 0 spiro atoms. The smallest absolute Gasteiger partial charge is 0.205 e. The van der Waals surface area contributed by atoms with Gasteiger partial charge in [-0.25, -0.2) is 0 Å². The molecule has 1 aliphatic heterocycles. The van der Waals surface area contributed by atoms with Crippen LogP contribution in [0.1, 0.15) is 28.7 Å². The number of hydrogen-bond acceptors (Lipinski definition) is 6. The molecule has 0 aliphatic carbocycles. The fourth-order valence-corrected chi connectivity index (χ4v) is 2.86. The van der Waals surface area contributed by atoms with Gasteiger partial charge in [-0.3, -0.25) is 0 Å². The van der Waals surface area contributed by atoms with Crippen LogP contribution in [0.2, 0.25) is 0 Å². The molecule has 1 N–H and O–H groups in total. The van der Waals surface area contributed by atoms with Crippen LogP contribution in [-0.4, -0.2) is 23.9 Å². The Labute approximate surface area is 121 Å². The molecule has 6 heteroatoms. The summed E-state index contributed by atoms with van der Waals surface area (Å²) in [5.41, 5.74) is 2.40. The summed E-state index contributed by atoms with van der Waals surface area (Å²) in [5, 5.41) is 12.9. The second-order valence-electron chi connectivity index (χ2n) is 4.82. The zero-order valence-corrected chi connectivity index (χ0v) is 12.6. The first-order chi connectivity index (χ1) is 9.67. The number of nitrogens with one attached hydrogen (secondary N) is 1. The minimum absolute atomic E-state index is 0.0991. The van der Waals surface area contributed by atoms with Gasteiger partial charge in [-0.05, 0) is 37.1 Å². The third-order valence-electron chi connectivity index (χ3n) is 3.40. The van der Waals surface area contributed by atoms with Gasteiger partial charge in [0.05, 0.1) is 6.61 Å². The Morgan fingerprint density at radius 2 is 1.95 bits per heavy atom. The average Bonchev–Trinajstić information content (AvgIpc) is 2.83. The highest BCUT2D eigenvalue weighted by atomic mass is 32.1. The minimum atomic E-state index is -0.0991. The first kappa shape index (κ1) is 13.2. The molecule has 0 radical (unpaired) electrons. The molecule has 0 amide bonds. The van der Waals surface area contributed by atoms with Crippen LogP contribution in [0, 0.1) is 13.8 Å². The lowest BCUT2D eigenvalue weighted by Gasteiger charge is -2.14. The fraction of sp³-hybridized carbons (Fsp3) is 0.429. The van der Waals surface area contributed by atoms with Crippen molar-refractivity contribution in [2.75, 3.05) is 19.0 Å². The average molecular weight is 291 g/mol. The molecular formula is C14H17N3O2S. The van der Waals surface area contributed by atoms with E-state index in [2.05, 4.69) is 29.4 Å². The third-order valence-corrected chi connectivity index (χ3v) is 4.43. The second kappa shape index (κ2) is 5.28. The summed E-state index contributed by atoms with van der Waals surface area (Å²) in [4.78, 5) is 0. The van der Waals surface area contributed by atoms with E-state index < -0.39 is 0 Å². The SMILES string of the molecule is CNc1nnc(C2CCOc3cc(C)c(C)cc3O2)s1. The second-order valence-corrected chi connectivity index (χ2v) is 5.83. The van der Waals surface area contributed by atoms with Gasteiger partial charge in [0, 0.05) is 13.5 Å². The van der Waals surface area contributed by atoms with Crippen LogP contribution in [-0.2, 0) is 0 Å². The van der Waals surface area contributed by atoms with Crippen LogP contribution in [0.15, 0.2) is 12.1 Å². The van der Waals surface area contributed by atoms with Gasteiger partial charge in [0.25, 0.3) is 0 Å². The molecule has 1 aromatic carbocycles. The molecule has 0 fully saturated rings. The normalized spacial score (nSPS) is 17.6. The van der Waals surface area contributed by atoms with E-state index >= 15 is 0 Å². The number of anilines is 1. The molecule has 0 bridgehead atoms. The standard InChI is InChI=1S/C14H17N3O2S/c1-8-6-11-12(7-9(8)2)19-10(4-5-18-11)13-16-17-14(15-3)20-13/h6-7,10H,4-5H2,1-3H3,(H,15,17). The van der Waals surface area contributed by atoms with Crippen molar-refractivity contribution in [2.45, 2.75) is 26.4 Å². The van der Waals surface area contributed by atoms with Crippen molar-refractivity contribution in [3.8, 4) is 11.5 Å². The zero-order valence-electron chi connectivity index (χ0n) is 11.8. The van der Waals surface area contributed by atoms with Gasteiger partial charge in [-0.2, -0.15) is 0 Å². The Morgan fingerprint density at radius 3 is 2.65 bits per heavy atom. The topological polar surface area (TPSA) is 56.3 Å². The Morgan fingerprint density at radius 1 is 1.20 bits per heavy atom. The summed E-state index contributed by atoms with van der Waals surface area (Å²) in [6, 6.07) is 4.06. The van der Waals surface area contributed by atoms with Crippen molar-refractivity contribution in [2.24, 2.45) is 0 Å². The predicted octanol–water partition coefficient (Wildman–Crippen LogP) is 3.10. The van der Waals surface area contributed by atoms with Crippen molar-refractivity contribution in [3.63, 3.8) is 0 Å². The predicted molar refractivity (Wildman–Crippen MR) is 78.9 cm³/mol. The van der Waals surface area contributed by atoms with Gasteiger partial charge in [0.2, 0.25) is 5.13 Å². The summed E-state index contributed by atoms with van der Waals surface area (Å²) in [7, 11) is 1.84. The van der Waals surface area contributed by atoms with E-state index in [0.29, 0.717) is 6.61 Å². The lowest BCUT2D eigenvalue weighted by molar-refractivity contribution is 0.193. The molecule has 2 heterocycles. The molecule has 0 saturated heterocycles. The van der Waals surface area contributed by atoms with Gasteiger partial charge in [-0.1, -0.05) is 11.3 Å². The first-order valence-electron chi connectivity index (χ1n) is 6.59. The molecule has 3 rings (SSSR count). The highest BCUT2D eigenvalue weighted by Gasteiger charge is 2.24. The minimum Gasteiger partial charge on any atom is -0.490 e.